The predicted octanol–water partition coefficient (Wildman–Crippen LogP) is 1.85. The molecule has 1 fully saturated rings. The van der Waals surface area contributed by atoms with Crippen molar-refractivity contribution in [2.45, 2.75) is 32.2 Å². The van der Waals surface area contributed by atoms with E-state index in [1.54, 1.807) is 0 Å². The Bertz CT molecular complexity index is 413. The molecule has 106 valence electrons. The van der Waals surface area contributed by atoms with Crippen LogP contribution in [0.5, 0.6) is 0 Å². The third-order valence-corrected chi connectivity index (χ3v) is 3.27. The summed E-state index contributed by atoms with van der Waals surface area (Å²) in [5.74, 6) is 1.09. The lowest BCUT2D eigenvalue weighted by Crippen LogP contribution is -2.40. The predicted molar refractivity (Wildman–Crippen MR) is 77.8 cm³/mol. The van der Waals surface area contributed by atoms with Gasteiger partial charge in [0.05, 0.1) is 0 Å². The van der Waals surface area contributed by atoms with Gasteiger partial charge in [0.25, 0.3) is 0 Å². The quantitative estimate of drug-likeness (QED) is 0.860. The molecule has 1 saturated heterocycles. The Morgan fingerprint density at radius 2 is 2.11 bits per heavy atom. The zero-order valence-corrected chi connectivity index (χ0v) is 12.2. The van der Waals surface area contributed by atoms with Gasteiger partial charge in [-0.05, 0) is 44.5 Å². The summed E-state index contributed by atoms with van der Waals surface area (Å²) in [7, 11) is 2.13. The monoisotopic (exact) mass is 284 g/mol. The number of hydrogen-bond acceptors (Lipinski definition) is 6. The molecule has 1 aromatic rings. The van der Waals surface area contributed by atoms with Gasteiger partial charge in [-0.3, -0.25) is 0 Å². The van der Waals surface area contributed by atoms with Crippen molar-refractivity contribution in [2.24, 2.45) is 0 Å². The normalized spacial score (nSPS) is 20.3. The minimum absolute atomic E-state index is 0.222. The van der Waals surface area contributed by atoms with E-state index in [-0.39, 0.29) is 5.28 Å². The number of likely N-dealkylation sites (tertiary alicyclic amines) is 1. The van der Waals surface area contributed by atoms with Crippen LogP contribution in [-0.4, -0.2) is 52.6 Å². The minimum Gasteiger partial charge on any atom is -0.354 e. The van der Waals surface area contributed by atoms with Crippen molar-refractivity contribution in [1.29, 1.82) is 0 Å². The van der Waals surface area contributed by atoms with Crippen LogP contribution in [0.15, 0.2) is 0 Å². The van der Waals surface area contributed by atoms with E-state index in [1.807, 2.05) is 0 Å². The largest absolute Gasteiger partial charge is 0.354 e. The number of halogens is 1. The molecule has 0 bridgehead atoms. The van der Waals surface area contributed by atoms with Crippen molar-refractivity contribution >= 4 is 23.5 Å². The average Bonchev–Trinajstić information content (AvgIpc) is 2.35. The highest BCUT2D eigenvalue weighted by molar-refractivity contribution is 6.28. The number of likely N-dealkylation sites (N-methyl/N-ethyl adjacent to an activating group) is 1. The van der Waals surface area contributed by atoms with E-state index in [4.69, 9.17) is 11.6 Å². The van der Waals surface area contributed by atoms with Gasteiger partial charge in [0, 0.05) is 19.1 Å². The molecular formula is C12H21ClN6. The molecule has 19 heavy (non-hydrogen) atoms. The first-order valence-corrected chi connectivity index (χ1v) is 7.15. The summed E-state index contributed by atoms with van der Waals surface area (Å²) in [6, 6.07) is 0.372. The number of nitrogens with one attached hydrogen (secondary N) is 2. The number of hydrogen-bond donors (Lipinski definition) is 2. The molecule has 1 aliphatic rings. The molecule has 2 heterocycles. The molecule has 0 radical (unpaired) electrons. The van der Waals surface area contributed by atoms with Crippen molar-refractivity contribution in [3.8, 4) is 0 Å². The van der Waals surface area contributed by atoms with E-state index in [9.17, 15) is 0 Å². The Morgan fingerprint density at radius 1 is 1.32 bits per heavy atom. The second-order valence-electron chi connectivity index (χ2n) is 4.92. The van der Waals surface area contributed by atoms with E-state index < -0.39 is 0 Å². The Balaban J connectivity index is 2.00. The van der Waals surface area contributed by atoms with Crippen molar-refractivity contribution in [2.75, 3.05) is 37.3 Å². The van der Waals surface area contributed by atoms with Crippen LogP contribution < -0.4 is 10.6 Å². The third-order valence-electron chi connectivity index (χ3n) is 3.10. The molecular weight excluding hydrogens is 264 g/mol. The maximum atomic E-state index is 5.92. The van der Waals surface area contributed by atoms with Crippen LogP contribution in [0.25, 0.3) is 0 Å². The average molecular weight is 285 g/mol. The first-order valence-electron chi connectivity index (χ1n) is 6.78. The van der Waals surface area contributed by atoms with Crippen molar-refractivity contribution in [3.63, 3.8) is 0 Å². The zero-order valence-electron chi connectivity index (χ0n) is 11.5. The second-order valence-corrected chi connectivity index (χ2v) is 5.26. The number of rotatable bonds is 5. The fourth-order valence-corrected chi connectivity index (χ4v) is 2.36. The highest BCUT2D eigenvalue weighted by atomic mass is 35.5. The van der Waals surface area contributed by atoms with Gasteiger partial charge < -0.3 is 15.5 Å². The molecule has 1 atom stereocenters. The van der Waals surface area contributed by atoms with Crippen LogP contribution >= 0.6 is 11.6 Å². The zero-order chi connectivity index (χ0) is 13.7. The van der Waals surface area contributed by atoms with E-state index >= 15 is 0 Å². The number of anilines is 2. The molecule has 0 aliphatic carbocycles. The Kier molecular flexibility index (Phi) is 5.15. The summed E-state index contributed by atoms with van der Waals surface area (Å²) in [6.07, 6.45) is 3.33. The van der Waals surface area contributed by atoms with Crippen molar-refractivity contribution in [3.05, 3.63) is 5.28 Å². The smallest absolute Gasteiger partial charge is 0.229 e. The topological polar surface area (TPSA) is 66.0 Å². The molecule has 2 N–H and O–H groups in total. The van der Waals surface area contributed by atoms with Gasteiger partial charge in [0.2, 0.25) is 17.2 Å². The molecule has 2 rings (SSSR count). The Hall–Kier alpha value is -1.14. The first-order chi connectivity index (χ1) is 9.17. The third kappa shape index (κ3) is 4.47. The SMILES string of the molecule is CCCNc1nc(Cl)nc(NC2CCCN(C)C2)n1. The Labute approximate surface area is 119 Å². The summed E-state index contributed by atoms with van der Waals surface area (Å²) < 4.78 is 0. The number of nitrogens with zero attached hydrogens (tertiary/aromatic N) is 4. The molecule has 1 aliphatic heterocycles. The fourth-order valence-electron chi connectivity index (χ4n) is 2.20. The van der Waals surface area contributed by atoms with Crippen LogP contribution in [0, 0.1) is 0 Å². The molecule has 0 saturated carbocycles. The van der Waals surface area contributed by atoms with Gasteiger partial charge >= 0.3 is 0 Å². The van der Waals surface area contributed by atoms with Gasteiger partial charge in [-0.2, -0.15) is 15.0 Å². The van der Waals surface area contributed by atoms with E-state index in [0.29, 0.717) is 17.9 Å². The minimum atomic E-state index is 0.222. The highest BCUT2D eigenvalue weighted by Gasteiger charge is 2.18. The second kappa shape index (κ2) is 6.86. The van der Waals surface area contributed by atoms with Gasteiger partial charge in [-0.15, -0.1) is 0 Å². The first kappa shape index (κ1) is 14.3. The highest BCUT2D eigenvalue weighted by Crippen LogP contribution is 2.15. The molecule has 0 amide bonds. The van der Waals surface area contributed by atoms with E-state index in [1.165, 1.54) is 6.42 Å². The number of aromatic nitrogens is 3. The fraction of sp³-hybridized carbons (Fsp3) is 0.750. The maximum Gasteiger partial charge on any atom is 0.229 e. The van der Waals surface area contributed by atoms with Gasteiger partial charge in [-0.1, -0.05) is 6.92 Å². The standard InChI is InChI=1S/C12H21ClN6/c1-3-6-14-11-16-10(13)17-12(18-11)15-9-5-4-7-19(2)8-9/h9H,3-8H2,1-2H3,(H2,14,15,16,17,18). The molecule has 0 spiro atoms. The van der Waals surface area contributed by atoms with E-state index in [0.717, 1.165) is 32.5 Å². The summed E-state index contributed by atoms with van der Waals surface area (Å²) in [6.45, 7) is 5.07. The van der Waals surface area contributed by atoms with Gasteiger partial charge in [0.15, 0.2) is 0 Å². The molecule has 0 aromatic carbocycles. The summed E-state index contributed by atoms with van der Waals surface area (Å²) in [5, 5.41) is 6.69. The molecule has 6 nitrogen and oxygen atoms in total. The molecule has 1 aromatic heterocycles. The van der Waals surface area contributed by atoms with Crippen molar-refractivity contribution in [1.82, 2.24) is 19.9 Å². The summed E-state index contributed by atoms with van der Waals surface area (Å²) in [5.41, 5.74) is 0. The lowest BCUT2D eigenvalue weighted by molar-refractivity contribution is 0.260. The van der Waals surface area contributed by atoms with Crippen molar-refractivity contribution < 1.29 is 0 Å². The summed E-state index contributed by atoms with van der Waals surface area (Å²) in [4.78, 5) is 14.8. The van der Waals surface area contributed by atoms with Crippen LogP contribution in [0.4, 0.5) is 11.9 Å². The van der Waals surface area contributed by atoms with Crippen LogP contribution in [0.2, 0.25) is 5.28 Å². The maximum absolute atomic E-state index is 5.92. The Morgan fingerprint density at radius 3 is 2.84 bits per heavy atom. The molecule has 1 unspecified atom stereocenters. The number of piperidine rings is 1. The summed E-state index contributed by atoms with van der Waals surface area (Å²) >= 11 is 5.92. The van der Waals surface area contributed by atoms with Gasteiger partial charge in [0.1, 0.15) is 0 Å². The lowest BCUT2D eigenvalue weighted by Gasteiger charge is -2.30. The van der Waals surface area contributed by atoms with Gasteiger partial charge in [-0.25, -0.2) is 0 Å². The van der Waals surface area contributed by atoms with Crippen LogP contribution in [0.3, 0.4) is 0 Å². The van der Waals surface area contributed by atoms with Crippen LogP contribution in [-0.2, 0) is 0 Å². The lowest BCUT2D eigenvalue weighted by atomic mass is 10.1. The van der Waals surface area contributed by atoms with Crippen LogP contribution in [0.1, 0.15) is 26.2 Å². The van der Waals surface area contributed by atoms with E-state index in [2.05, 4.69) is 44.5 Å². The molecule has 7 heteroatoms.